The summed E-state index contributed by atoms with van der Waals surface area (Å²) in [5, 5.41) is 6.46. The number of likely N-dealkylation sites (tertiary alicyclic amines) is 1. The van der Waals surface area contributed by atoms with Gasteiger partial charge < -0.3 is 20.5 Å². The van der Waals surface area contributed by atoms with Crippen LogP contribution in [-0.4, -0.2) is 63.5 Å². The number of hydrogen-bond acceptors (Lipinski definition) is 5. The molecule has 9 nitrogen and oxygen atoms in total. The molecule has 1 saturated carbocycles. The number of carbonyl (C=O) groups is 4. The van der Waals surface area contributed by atoms with E-state index in [1.165, 1.54) is 0 Å². The summed E-state index contributed by atoms with van der Waals surface area (Å²) in [6.07, 6.45) is 3.92. The van der Waals surface area contributed by atoms with E-state index in [-0.39, 0.29) is 54.0 Å². The van der Waals surface area contributed by atoms with Crippen LogP contribution in [0.25, 0.3) is 11.0 Å². The van der Waals surface area contributed by atoms with Gasteiger partial charge in [0.25, 0.3) is 5.91 Å². The first kappa shape index (κ1) is 25.0. The van der Waals surface area contributed by atoms with Crippen molar-refractivity contribution in [3.05, 3.63) is 28.0 Å². The van der Waals surface area contributed by atoms with Gasteiger partial charge in [0.05, 0.1) is 21.6 Å². The van der Waals surface area contributed by atoms with E-state index >= 15 is 0 Å². The molecule has 3 aliphatic rings. The van der Waals surface area contributed by atoms with Gasteiger partial charge in [-0.05, 0) is 49.7 Å². The fourth-order valence-electron chi connectivity index (χ4n) is 6.04. The Bertz CT molecular complexity index is 1190. The van der Waals surface area contributed by atoms with Gasteiger partial charge in [-0.2, -0.15) is 0 Å². The third-order valence-electron chi connectivity index (χ3n) is 7.90. The standard InChI is InChI=1S/C25H29Cl2N5O4/c1-2-18(33)17(10-12-8-9-28-23(12)34)29-24(35)21-14-5-3-4-13(14)11-32(21)25(36)22-30-19-15(26)6-7-16(27)20(19)31-22/h6-7,12-14,17,21H,2-5,8-11H2,1H3,(H,28,34)(H,29,35)(H,30,31). The Morgan fingerprint density at radius 3 is 2.67 bits per heavy atom. The number of hydrogen-bond donors (Lipinski definition) is 3. The highest BCUT2D eigenvalue weighted by Gasteiger charge is 2.50. The number of carbonyl (C=O) groups excluding carboxylic acids is 4. The molecular weight excluding hydrogens is 505 g/mol. The van der Waals surface area contributed by atoms with Crippen LogP contribution in [0, 0.1) is 17.8 Å². The molecule has 0 bridgehead atoms. The van der Waals surface area contributed by atoms with Crippen molar-refractivity contribution in [2.75, 3.05) is 13.1 Å². The summed E-state index contributed by atoms with van der Waals surface area (Å²) in [7, 11) is 0. The number of fused-ring (bicyclic) bond motifs is 2. The first-order valence-corrected chi connectivity index (χ1v) is 13.3. The minimum absolute atomic E-state index is 0.0117. The molecule has 3 fully saturated rings. The number of amides is 3. The van der Waals surface area contributed by atoms with Gasteiger partial charge in [0.15, 0.2) is 11.6 Å². The summed E-state index contributed by atoms with van der Waals surface area (Å²) in [6.45, 7) is 2.76. The van der Waals surface area contributed by atoms with Crippen LogP contribution in [0.3, 0.4) is 0 Å². The number of aromatic amines is 1. The van der Waals surface area contributed by atoms with Crippen molar-refractivity contribution in [3.63, 3.8) is 0 Å². The minimum Gasteiger partial charge on any atom is -0.356 e. The third-order valence-corrected chi connectivity index (χ3v) is 8.52. The van der Waals surface area contributed by atoms with E-state index in [1.54, 1.807) is 24.0 Å². The average molecular weight is 534 g/mol. The number of nitrogens with one attached hydrogen (secondary N) is 3. The van der Waals surface area contributed by atoms with Crippen molar-refractivity contribution >= 4 is 57.7 Å². The molecule has 2 aliphatic heterocycles. The number of H-pyrrole nitrogens is 1. The van der Waals surface area contributed by atoms with Crippen LogP contribution in [0.15, 0.2) is 12.1 Å². The molecule has 36 heavy (non-hydrogen) atoms. The molecule has 5 unspecified atom stereocenters. The van der Waals surface area contributed by atoms with Crippen LogP contribution < -0.4 is 10.6 Å². The summed E-state index contributed by atoms with van der Waals surface area (Å²) < 4.78 is 0. The van der Waals surface area contributed by atoms with Gasteiger partial charge in [0, 0.05) is 25.4 Å². The molecule has 3 amide bonds. The van der Waals surface area contributed by atoms with Gasteiger partial charge in [-0.1, -0.05) is 36.5 Å². The van der Waals surface area contributed by atoms with Gasteiger partial charge in [0.1, 0.15) is 11.6 Å². The lowest BCUT2D eigenvalue weighted by molar-refractivity contribution is -0.132. The number of benzene rings is 1. The fourth-order valence-corrected chi connectivity index (χ4v) is 6.44. The molecular formula is C25H29Cl2N5O4. The highest BCUT2D eigenvalue weighted by Crippen LogP contribution is 2.43. The van der Waals surface area contributed by atoms with Crippen molar-refractivity contribution in [2.24, 2.45) is 17.8 Å². The van der Waals surface area contributed by atoms with E-state index in [0.29, 0.717) is 40.6 Å². The molecule has 0 radical (unpaired) electrons. The number of nitrogens with zero attached hydrogens (tertiary/aromatic N) is 2. The van der Waals surface area contributed by atoms with Crippen LogP contribution in [0.1, 0.15) is 56.1 Å². The number of ketones is 1. The van der Waals surface area contributed by atoms with Crippen LogP contribution in [0.2, 0.25) is 10.0 Å². The lowest BCUT2D eigenvalue weighted by atomic mass is 9.91. The number of imidazole rings is 1. The highest BCUT2D eigenvalue weighted by atomic mass is 35.5. The van der Waals surface area contributed by atoms with Crippen molar-refractivity contribution in [3.8, 4) is 0 Å². The van der Waals surface area contributed by atoms with Crippen molar-refractivity contribution in [2.45, 2.75) is 57.5 Å². The Hall–Kier alpha value is -2.65. The summed E-state index contributed by atoms with van der Waals surface area (Å²) in [5.41, 5.74) is 0.868. The summed E-state index contributed by atoms with van der Waals surface area (Å²) in [5.74, 6) is -0.980. The Balaban J connectivity index is 1.40. The summed E-state index contributed by atoms with van der Waals surface area (Å²) in [4.78, 5) is 61.1. The average Bonchev–Trinajstić information content (AvgIpc) is 3.64. The topological polar surface area (TPSA) is 124 Å². The maximum atomic E-state index is 13.7. The lowest BCUT2D eigenvalue weighted by Gasteiger charge is -2.29. The Morgan fingerprint density at radius 1 is 1.19 bits per heavy atom. The molecule has 3 N–H and O–H groups in total. The molecule has 2 aromatic rings. The number of rotatable bonds is 7. The van der Waals surface area contributed by atoms with Gasteiger partial charge in [-0.3, -0.25) is 19.2 Å². The molecule has 1 aliphatic carbocycles. The Labute approximate surface area is 218 Å². The first-order chi connectivity index (χ1) is 17.3. The van der Waals surface area contributed by atoms with Crippen molar-refractivity contribution < 1.29 is 19.2 Å². The van der Waals surface area contributed by atoms with E-state index in [2.05, 4.69) is 20.6 Å². The number of halogens is 2. The molecule has 3 heterocycles. The van der Waals surface area contributed by atoms with E-state index in [9.17, 15) is 19.2 Å². The van der Waals surface area contributed by atoms with E-state index in [1.807, 2.05) is 0 Å². The van der Waals surface area contributed by atoms with E-state index in [4.69, 9.17) is 23.2 Å². The van der Waals surface area contributed by atoms with Gasteiger partial charge in [-0.25, -0.2) is 4.98 Å². The predicted molar refractivity (Wildman–Crippen MR) is 135 cm³/mol. The first-order valence-electron chi connectivity index (χ1n) is 12.5. The van der Waals surface area contributed by atoms with Crippen LogP contribution in [-0.2, 0) is 14.4 Å². The molecule has 192 valence electrons. The maximum Gasteiger partial charge on any atom is 0.290 e. The monoisotopic (exact) mass is 533 g/mol. The second kappa shape index (κ2) is 10.0. The third kappa shape index (κ3) is 4.47. The Morgan fingerprint density at radius 2 is 1.97 bits per heavy atom. The smallest absolute Gasteiger partial charge is 0.290 e. The largest absolute Gasteiger partial charge is 0.356 e. The van der Waals surface area contributed by atoms with Crippen molar-refractivity contribution in [1.29, 1.82) is 0 Å². The molecule has 2 saturated heterocycles. The van der Waals surface area contributed by atoms with E-state index < -0.39 is 18.0 Å². The lowest BCUT2D eigenvalue weighted by Crippen LogP contribution is -2.53. The zero-order chi connectivity index (χ0) is 25.6. The molecule has 0 spiro atoms. The minimum atomic E-state index is -0.766. The van der Waals surface area contributed by atoms with Gasteiger partial charge in [0.2, 0.25) is 11.8 Å². The van der Waals surface area contributed by atoms with Crippen LogP contribution in [0.5, 0.6) is 0 Å². The molecule has 5 rings (SSSR count). The molecule has 5 atom stereocenters. The second-order valence-corrected chi connectivity index (χ2v) is 10.8. The fraction of sp³-hybridized carbons (Fsp3) is 0.560. The van der Waals surface area contributed by atoms with Crippen LogP contribution >= 0.6 is 23.2 Å². The molecule has 1 aromatic carbocycles. The predicted octanol–water partition coefficient (Wildman–Crippen LogP) is 3.10. The molecule has 11 heteroatoms. The highest BCUT2D eigenvalue weighted by molar-refractivity contribution is 6.39. The summed E-state index contributed by atoms with van der Waals surface area (Å²) >= 11 is 12.5. The van der Waals surface area contributed by atoms with Crippen molar-refractivity contribution in [1.82, 2.24) is 25.5 Å². The maximum absolute atomic E-state index is 13.7. The normalized spacial score (nSPS) is 26.2. The Kier molecular flexibility index (Phi) is 6.96. The van der Waals surface area contributed by atoms with Crippen LogP contribution in [0.4, 0.5) is 0 Å². The summed E-state index contributed by atoms with van der Waals surface area (Å²) in [6, 6.07) is 1.77. The second-order valence-electron chi connectivity index (χ2n) is 9.99. The molecule has 1 aromatic heterocycles. The van der Waals surface area contributed by atoms with Gasteiger partial charge in [-0.15, -0.1) is 0 Å². The van der Waals surface area contributed by atoms with E-state index in [0.717, 1.165) is 19.3 Å². The quantitative estimate of drug-likeness (QED) is 0.504. The number of Topliss-reactive ketones (excluding diaryl/α,β-unsaturated/α-hetero) is 1. The SMILES string of the molecule is CCC(=O)C(CC1CCNC1=O)NC(=O)C1C2CCCC2CN1C(=O)c1nc2c(Cl)ccc(Cl)c2[nH]1. The number of aromatic nitrogens is 2. The van der Waals surface area contributed by atoms with Gasteiger partial charge >= 0.3 is 0 Å². The zero-order valence-electron chi connectivity index (χ0n) is 20.0. The zero-order valence-corrected chi connectivity index (χ0v) is 21.5.